The molecule has 0 saturated carbocycles. The van der Waals surface area contributed by atoms with Gasteiger partial charge in [0.05, 0.1) is 15.8 Å². The first-order valence-electron chi connectivity index (χ1n) is 9.53. The number of anilines is 1. The Morgan fingerprint density at radius 1 is 1.22 bits per heavy atom. The second kappa shape index (κ2) is 7.58. The number of ketones is 1. The predicted octanol–water partition coefficient (Wildman–Crippen LogP) is 5.77. The third-order valence-electron chi connectivity index (χ3n) is 5.16. The molecule has 0 radical (unpaired) electrons. The van der Waals surface area contributed by atoms with Crippen LogP contribution in [-0.4, -0.2) is 21.8 Å². The Morgan fingerprint density at radius 3 is 2.72 bits per heavy atom. The number of rotatable bonds is 4. The van der Waals surface area contributed by atoms with Crippen LogP contribution in [0.3, 0.4) is 0 Å². The van der Waals surface area contributed by atoms with Crippen LogP contribution in [0.4, 0.5) is 9.52 Å². The van der Waals surface area contributed by atoms with Crippen molar-refractivity contribution in [1.29, 1.82) is 0 Å². The van der Waals surface area contributed by atoms with Crippen LogP contribution < -0.4 is 4.90 Å². The molecule has 0 aliphatic carbocycles. The van der Waals surface area contributed by atoms with Crippen molar-refractivity contribution in [1.82, 2.24) is 4.98 Å². The molecule has 1 aliphatic heterocycles. The lowest BCUT2D eigenvalue weighted by Gasteiger charge is -2.24. The molecular formula is C23H14ClFN2O4S. The number of hydrogen-bond acceptors (Lipinski definition) is 6. The summed E-state index contributed by atoms with van der Waals surface area (Å²) in [5.41, 5.74) is 0.319. The summed E-state index contributed by atoms with van der Waals surface area (Å²) in [6, 6.07) is 12.7. The number of fused-ring (bicyclic) bond motifs is 1. The number of aliphatic hydroxyl groups is 1. The predicted molar refractivity (Wildman–Crippen MR) is 119 cm³/mol. The number of nitrogens with zero attached hydrogens (tertiary/aromatic N) is 2. The van der Waals surface area contributed by atoms with Crippen molar-refractivity contribution in [2.45, 2.75) is 13.0 Å². The van der Waals surface area contributed by atoms with Gasteiger partial charge in [0.15, 0.2) is 16.7 Å². The second-order valence-electron chi connectivity index (χ2n) is 7.21. The maximum Gasteiger partial charge on any atom is 0.296 e. The third kappa shape index (κ3) is 3.19. The zero-order chi connectivity index (χ0) is 22.6. The second-order valence-corrected chi connectivity index (χ2v) is 8.65. The molecule has 32 heavy (non-hydrogen) atoms. The molecule has 4 aromatic rings. The molecular weight excluding hydrogens is 455 g/mol. The highest BCUT2D eigenvalue weighted by Gasteiger charge is 2.47. The molecule has 0 fully saturated rings. The van der Waals surface area contributed by atoms with Gasteiger partial charge >= 0.3 is 0 Å². The van der Waals surface area contributed by atoms with Gasteiger partial charge in [-0.05, 0) is 43.3 Å². The number of aromatic nitrogens is 1. The SMILES string of the molecule is Cc1ccc(C(=O)C2=C(O)C(=O)N(c3nc4cc(Cl)ccc4s3)[C@H]2c2ccccc2F)o1. The van der Waals surface area contributed by atoms with Gasteiger partial charge in [-0.15, -0.1) is 0 Å². The quantitative estimate of drug-likeness (QED) is 0.384. The van der Waals surface area contributed by atoms with Crippen molar-refractivity contribution in [2.75, 3.05) is 4.90 Å². The van der Waals surface area contributed by atoms with Gasteiger partial charge in [-0.1, -0.05) is 41.1 Å². The lowest BCUT2D eigenvalue weighted by Crippen LogP contribution is -2.31. The van der Waals surface area contributed by atoms with Crippen LogP contribution in [0.25, 0.3) is 10.2 Å². The summed E-state index contributed by atoms with van der Waals surface area (Å²) >= 11 is 7.22. The lowest BCUT2D eigenvalue weighted by molar-refractivity contribution is -0.117. The van der Waals surface area contributed by atoms with E-state index in [0.29, 0.717) is 16.3 Å². The van der Waals surface area contributed by atoms with Crippen LogP contribution in [-0.2, 0) is 4.79 Å². The Hall–Kier alpha value is -3.49. The summed E-state index contributed by atoms with van der Waals surface area (Å²) < 4.78 is 21.0. The molecule has 5 rings (SSSR count). The van der Waals surface area contributed by atoms with Gasteiger partial charge in [-0.3, -0.25) is 14.5 Å². The van der Waals surface area contributed by atoms with E-state index in [4.69, 9.17) is 16.0 Å². The topological polar surface area (TPSA) is 83.6 Å². The maximum atomic E-state index is 14.9. The zero-order valence-corrected chi connectivity index (χ0v) is 18.1. The van der Waals surface area contributed by atoms with Crippen molar-refractivity contribution in [3.05, 3.63) is 93.9 Å². The molecule has 0 unspecified atom stereocenters. The summed E-state index contributed by atoms with van der Waals surface area (Å²) in [4.78, 5) is 32.0. The Labute approximate surface area is 190 Å². The summed E-state index contributed by atoms with van der Waals surface area (Å²) in [6.07, 6.45) is 0. The number of halogens is 2. The van der Waals surface area contributed by atoms with Gasteiger partial charge in [-0.25, -0.2) is 9.37 Å². The Bertz CT molecular complexity index is 1440. The Kier molecular flexibility index (Phi) is 4.83. The van der Waals surface area contributed by atoms with Crippen molar-refractivity contribution in [3.8, 4) is 0 Å². The minimum Gasteiger partial charge on any atom is -0.503 e. The fraction of sp³-hybridized carbons (Fsp3) is 0.0870. The lowest BCUT2D eigenvalue weighted by atomic mass is 9.95. The molecule has 2 aromatic carbocycles. The van der Waals surface area contributed by atoms with Crippen LogP contribution in [0, 0.1) is 12.7 Å². The van der Waals surface area contributed by atoms with Crippen molar-refractivity contribution >= 4 is 50.0 Å². The molecule has 160 valence electrons. The number of thiazole rings is 1. The van der Waals surface area contributed by atoms with E-state index in [1.165, 1.54) is 35.6 Å². The Balaban J connectivity index is 1.70. The number of aliphatic hydroxyl groups excluding tert-OH is 1. The van der Waals surface area contributed by atoms with Crippen molar-refractivity contribution < 1.29 is 23.5 Å². The first-order valence-corrected chi connectivity index (χ1v) is 10.7. The number of hydrogen-bond donors (Lipinski definition) is 1. The van der Waals surface area contributed by atoms with Gasteiger partial charge in [0, 0.05) is 10.6 Å². The fourth-order valence-corrected chi connectivity index (χ4v) is 4.85. The summed E-state index contributed by atoms with van der Waals surface area (Å²) in [6.45, 7) is 1.66. The van der Waals surface area contributed by atoms with E-state index < -0.39 is 29.3 Å². The number of amides is 1. The summed E-state index contributed by atoms with van der Waals surface area (Å²) in [7, 11) is 0. The zero-order valence-electron chi connectivity index (χ0n) is 16.5. The highest BCUT2D eigenvalue weighted by atomic mass is 35.5. The summed E-state index contributed by atoms with van der Waals surface area (Å²) in [5.74, 6) is -2.53. The molecule has 1 N–H and O–H groups in total. The average molecular weight is 469 g/mol. The number of carbonyl (C=O) groups excluding carboxylic acids is 2. The average Bonchev–Trinajstić information content (AvgIpc) is 3.44. The van der Waals surface area contributed by atoms with Gasteiger partial charge in [-0.2, -0.15) is 0 Å². The van der Waals surface area contributed by atoms with Gasteiger partial charge in [0.1, 0.15) is 17.6 Å². The van der Waals surface area contributed by atoms with E-state index in [2.05, 4.69) is 4.98 Å². The third-order valence-corrected chi connectivity index (χ3v) is 6.43. The van der Waals surface area contributed by atoms with E-state index in [9.17, 15) is 19.1 Å². The van der Waals surface area contributed by atoms with Gasteiger partial charge in [0.25, 0.3) is 5.91 Å². The van der Waals surface area contributed by atoms with Crippen LogP contribution >= 0.6 is 22.9 Å². The first kappa shape index (κ1) is 20.4. The van der Waals surface area contributed by atoms with E-state index in [0.717, 1.165) is 9.60 Å². The largest absolute Gasteiger partial charge is 0.503 e. The van der Waals surface area contributed by atoms with E-state index in [1.807, 2.05) is 0 Å². The highest BCUT2D eigenvalue weighted by molar-refractivity contribution is 7.22. The van der Waals surface area contributed by atoms with Crippen molar-refractivity contribution in [2.24, 2.45) is 0 Å². The molecule has 0 saturated heterocycles. The monoisotopic (exact) mass is 468 g/mol. The van der Waals surface area contributed by atoms with Crippen molar-refractivity contribution in [3.63, 3.8) is 0 Å². The molecule has 9 heteroatoms. The molecule has 0 bridgehead atoms. The Morgan fingerprint density at radius 2 is 2.00 bits per heavy atom. The molecule has 0 spiro atoms. The number of carbonyl (C=O) groups is 2. The fourth-order valence-electron chi connectivity index (χ4n) is 3.71. The number of aryl methyl sites for hydroxylation is 1. The van der Waals surface area contributed by atoms with E-state index >= 15 is 0 Å². The normalized spacial score (nSPS) is 16.4. The van der Waals surface area contributed by atoms with E-state index in [1.54, 1.807) is 37.3 Å². The molecule has 6 nitrogen and oxygen atoms in total. The molecule has 1 atom stereocenters. The van der Waals surface area contributed by atoms with Crippen LogP contribution in [0.5, 0.6) is 0 Å². The van der Waals surface area contributed by atoms with Crippen LogP contribution in [0.15, 0.2) is 70.3 Å². The number of furan rings is 1. The molecule has 3 heterocycles. The minimum atomic E-state index is -1.22. The van der Waals surface area contributed by atoms with Gasteiger partial charge in [0.2, 0.25) is 5.78 Å². The maximum absolute atomic E-state index is 14.9. The van der Waals surface area contributed by atoms with Crippen LogP contribution in [0.2, 0.25) is 5.02 Å². The standard InChI is InChI=1S/C23H14ClFN2O4S/c1-11-6-8-16(31-11)20(28)18-19(13-4-2-3-5-14(13)25)27(22(30)21(18)29)23-26-15-10-12(24)7-9-17(15)32-23/h2-10,19,29H,1H3/t19-/m0/s1. The molecule has 2 aromatic heterocycles. The van der Waals surface area contributed by atoms with Crippen LogP contribution in [0.1, 0.15) is 27.9 Å². The minimum absolute atomic E-state index is 0.0498. The highest BCUT2D eigenvalue weighted by Crippen LogP contribution is 2.45. The summed E-state index contributed by atoms with van der Waals surface area (Å²) in [5, 5.41) is 11.4. The molecule has 1 amide bonds. The van der Waals surface area contributed by atoms with E-state index in [-0.39, 0.29) is 22.0 Å². The number of Topliss-reactive ketones (excluding diaryl/α,β-unsaturated/α-hetero) is 1. The first-order chi connectivity index (χ1) is 15.3. The number of benzene rings is 2. The molecule has 1 aliphatic rings. The smallest absolute Gasteiger partial charge is 0.296 e. The van der Waals surface area contributed by atoms with Gasteiger partial charge < -0.3 is 9.52 Å².